The van der Waals surface area contributed by atoms with Gasteiger partial charge in [-0.1, -0.05) is 212 Å². The van der Waals surface area contributed by atoms with Gasteiger partial charge in [0.05, 0.1) is 34.4 Å². The van der Waals surface area contributed by atoms with Crippen LogP contribution < -0.4 is 0 Å². The van der Waals surface area contributed by atoms with Crippen molar-refractivity contribution in [1.82, 2.24) is 0 Å². The molecule has 0 aliphatic heterocycles. The zero-order valence-corrected chi connectivity index (χ0v) is 41.6. The van der Waals surface area contributed by atoms with E-state index in [2.05, 4.69) is 26.0 Å². The number of carbonyl (C=O) groups excluding carboxylic acids is 2. The number of rotatable bonds is 49. The van der Waals surface area contributed by atoms with Crippen molar-refractivity contribution >= 4 is 17.9 Å². The second kappa shape index (κ2) is 45.6. The number of aliphatic carboxylic acids is 1. The molecule has 62 heavy (non-hydrogen) atoms. The van der Waals surface area contributed by atoms with E-state index in [1.54, 1.807) is 0 Å². The summed E-state index contributed by atoms with van der Waals surface area (Å²) in [5.74, 6) is -1.99. The minimum absolute atomic E-state index is 0.176. The number of carboxylic acids is 1. The predicted octanol–water partition coefficient (Wildman–Crippen LogP) is 14.6. The SMILES string of the molecule is CCCCCCCCCC/C=C\CCCCCCCCCCCCCCCCCCCC(=O)OC(COC(=O)CCCCCCCCCC)COC(OCC[N+](C)(C)C)C(=O)O. The Hall–Kier alpha value is -1.97. The van der Waals surface area contributed by atoms with Crippen LogP contribution >= 0.6 is 0 Å². The van der Waals surface area contributed by atoms with Gasteiger partial charge in [-0.2, -0.15) is 0 Å². The van der Waals surface area contributed by atoms with E-state index in [1.165, 1.54) is 186 Å². The normalized spacial score (nSPS) is 12.9. The first kappa shape index (κ1) is 60.0. The van der Waals surface area contributed by atoms with Crippen LogP contribution in [0.3, 0.4) is 0 Å². The van der Waals surface area contributed by atoms with E-state index in [9.17, 15) is 19.5 Å². The highest BCUT2D eigenvalue weighted by atomic mass is 16.7. The fourth-order valence-electron chi connectivity index (χ4n) is 7.66. The molecule has 0 saturated carbocycles. The predicted molar refractivity (Wildman–Crippen MR) is 258 cm³/mol. The number of allylic oxidation sites excluding steroid dienone is 2. The topological polar surface area (TPSA) is 108 Å². The average molecular weight is 881 g/mol. The van der Waals surface area contributed by atoms with E-state index in [4.69, 9.17) is 18.9 Å². The van der Waals surface area contributed by atoms with E-state index in [0.29, 0.717) is 17.4 Å². The van der Waals surface area contributed by atoms with E-state index >= 15 is 0 Å². The molecule has 0 aliphatic rings. The van der Waals surface area contributed by atoms with Gasteiger partial charge in [-0.25, -0.2) is 4.79 Å². The number of hydrogen-bond acceptors (Lipinski definition) is 7. The van der Waals surface area contributed by atoms with Crippen molar-refractivity contribution in [2.24, 2.45) is 0 Å². The van der Waals surface area contributed by atoms with Crippen LogP contribution in [-0.4, -0.2) is 87.4 Å². The molecule has 366 valence electrons. The van der Waals surface area contributed by atoms with Gasteiger partial charge in [0.25, 0.3) is 6.29 Å². The van der Waals surface area contributed by atoms with Crippen LogP contribution in [0.4, 0.5) is 0 Å². The first-order valence-corrected chi connectivity index (χ1v) is 26.4. The zero-order valence-electron chi connectivity index (χ0n) is 41.6. The summed E-state index contributed by atoms with van der Waals surface area (Å²) in [7, 11) is 5.96. The molecule has 0 amide bonds. The van der Waals surface area contributed by atoms with Crippen LogP contribution in [0.25, 0.3) is 0 Å². The molecule has 0 saturated heterocycles. The maximum atomic E-state index is 12.8. The second-order valence-electron chi connectivity index (χ2n) is 19.2. The van der Waals surface area contributed by atoms with Gasteiger partial charge in [0.15, 0.2) is 6.10 Å². The number of ether oxygens (including phenoxy) is 4. The molecular formula is C53H102NO8+. The fraction of sp³-hybridized carbons (Fsp3) is 0.906. The highest BCUT2D eigenvalue weighted by Gasteiger charge is 2.25. The molecule has 0 aromatic rings. The Kier molecular flexibility index (Phi) is 44.1. The first-order chi connectivity index (χ1) is 30.1. The molecule has 0 bridgehead atoms. The molecular weight excluding hydrogens is 779 g/mol. The van der Waals surface area contributed by atoms with Crippen LogP contribution in [0.15, 0.2) is 12.2 Å². The average Bonchev–Trinajstić information content (AvgIpc) is 3.23. The molecule has 0 radical (unpaired) electrons. The van der Waals surface area contributed by atoms with Crippen LogP contribution in [0.2, 0.25) is 0 Å². The number of unbranched alkanes of at least 4 members (excludes halogenated alkanes) is 32. The number of carboxylic acid groups (broad SMARTS) is 1. The summed E-state index contributed by atoms with van der Waals surface area (Å²) in [5.41, 5.74) is 0. The summed E-state index contributed by atoms with van der Waals surface area (Å²) in [4.78, 5) is 37.1. The number of quaternary nitrogens is 1. The van der Waals surface area contributed by atoms with Gasteiger partial charge in [-0.15, -0.1) is 0 Å². The van der Waals surface area contributed by atoms with Gasteiger partial charge >= 0.3 is 17.9 Å². The third-order valence-corrected chi connectivity index (χ3v) is 11.8. The number of likely N-dealkylation sites (N-methyl/N-ethyl adjacent to an activating group) is 1. The number of carbonyl (C=O) groups is 3. The van der Waals surface area contributed by atoms with Crippen molar-refractivity contribution in [3.63, 3.8) is 0 Å². The van der Waals surface area contributed by atoms with E-state index in [1.807, 2.05) is 21.1 Å². The number of nitrogens with zero attached hydrogens (tertiary/aromatic N) is 1. The van der Waals surface area contributed by atoms with Crippen molar-refractivity contribution in [2.45, 2.75) is 264 Å². The molecule has 9 nitrogen and oxygen atoms in total. The molecule has 9 heteroatoms. The molecule has 0 heterocycles. The van der Waals surface area contributed by atoms with E-state index < -0.39 is 24.3 Å². The van der Waals surface area contributed by atoms with Crippen LogP contribution in [-0.2, 0) is 33.3 Å². The standard InChI is InChI=1S/C53H101NO8/c1-6-8-10-12-14-16-17-18-19-20-21-22-23-24-25-26-27-28-29-30-31-32-33-34-35-36-38-40-42-44-51(56)62-49(48-61-53(52(57)58)59-46-45-54(3,4)5)47-60-50(55)43-41-39-37-15-13-11-9-7-2/h20-21,49,53H,6-19,22-48H2,1-5H3/p+1/b21-20-. The Labute approximate surface area is 383 Å². The van der Waals surface area contributed by atoms with Gasteiger partial charge in [0.2, 0.25) is 0 Å². The molecule has 0 spiro atoms. The van der Waals surface area contributed by atoms with E-state index in [-0.39, 0.29) is 32.2 Å². The molecule has 0 aromatic carbocycles. The minimum Gasteiger partial charge on any atom is -0.477 e. The summed E-state index contributed by atoms with van der Waals surface area (Å²) >= 11 is 0. The zero-order chi connectivity index (χ0) is 45.6. The summed E-state index contributed by atoms with van der Waals surface area (Å²) in [6, 6.07) is 0. The second-order valence-corrected chi connectivity index (χ2v) is 19.2. The van der Waals surface area contributed by atoms with Crippen LogP contribution in [0.5, 0.6) is 0 Å². The molecule has 2 atom stereocenters. The highest BCUT2D eigenvalue weighted by molar-refractivity contribution is 5.71. The van der Waals surface area contributed by atoms with Gasteiger partial charge < -0.3 is 28.5 Å². The third-order valence-electron chi connectivity index (χ3n) is 11.8. The van der Waals surface area contributed by atoms with Crippen LogP contribution in [0.1, 0.15) is 251 Å². The minimum atomic E-state index is -1.50. The van der Waals surface area contributed by atoms with Crippen LogP contribution in [0, 0.1) is 0 Å². The smallest absolute Gasteiger partial charge is 0.361 e. The Balaban J connectivity index is 4.03. The lowest BCUT2D eigenvalue weighted by atomic mass is 10.0. The first-order valence-electron chi connectivity index (χ1n) is 26.4. The van der Waals surface area contributed by atoms with Gasteiger partial charge in [0.1, 0.15) is 13.2 Å². The Morgan fingerprint density at radius 3 is 1.19 bits per heavy atom. The maximum absolute atomic E-state index is 12.8. The lowest BCUT2D eigenvalue weighted by molar-refractivity contribution is -0.870. The third kappa shape index (κ3) is 46.0. The van der Waals surface area contributed by atoms with Crippen molar-refractivity contribution in [2.75, 3.05) is 47.5 Å². The molecule has 1 N–H and O–H groups in total. The highest BCUT2D eigenvalue weighted by Crippen LogP contribution is 2.16. The molecule has 0 aromatic heterocycles. The summed E-state index contributed by atoms with van der Waals surface area (Å²) in [6.45, 7) is 4.87. The quantitative estimate of drug-likeness (QED) is 0.0212. The summed E-state index contributed by atoms with van der Waals surface area (Å²) in [5, 5.41) is 9.63. The van der Waals surface area contributed by atoms with Crippen molar-refractivity contribution < 1.29 is 42.9 Å². The van der Waals surface area contributed by atoms with Crippen molar-refractivity contribution in [3.8, 4) is 0 Å². The summed E-state index contributed by atoms with van der Waals surface area (Å²) in [6.07, 6.45) is 47.4. The Morgan fingerprint density at radius 1 is 0.468 bits per heavy atom. The van der Waals surface area contributed by atoms with Crippen molar-refractivity contribution in [3.05, 3.63) is 12.2 Å². The Morgan fingerprint density at radius 2 is 0.823 bits per heavy atom. The number of hydrogen-bond donors (Lipinski definition) is 1. The summed E-state index contributed by atoms with van der Waals surface area (Å²) < 4.78 is 22.7. The fourth-order valence-corrected chi connectivity index (χ4v) is 7.66. The molecule has 2 unspecified atom stereocenters. The molecule has 0 fully saturated rings. The molecule has 0 aliphatic carbocycles. The number of esters is 2. The van der Waals surface area contributed by atoms with Gasteiger partial charge in [-0.05, 0) is 38.5 Å². The largest absolute Gasteiger partial charge is 0.477 e. The lowest BCUT2D eigenvalue weighted by Crippen LogP contribution is -2.40. The maximum Gasteiger partial charge on any atom is 0.361 e. The van der Waals surface area contributed by atoms with E-state index in [0.717, 1.165) is 38.5 Å². The lowest BCUT2D eigenvalue weighted by Gasteiger charge is -2.25. The molecule has 0 rings (SSSR count). The Bertz CT molecular complexity index is 1030. The van der Waals surface area contributed by atoms with Gasteiger partial charge in [-0.3, -0.25) is 9.59 Å². The monoisotopic (exact) mass is 881 g/mol. The van der Waals surface area contributed by atoms with Gasteiger partial charge in [0, 0.05) is 12.8 Å². The van der Waals surface area contributed by atoms with Crippen molar-refractivity contribution in [1.29, 1.82) is 0 Å².